The summed E-state index contributed by atoms with van der Waals surface area (Å²) in [5, 5.41) is 7.09. The SMILES string of the molecule is NC(=O)c1nn(CC(=O)N2[C@@H]3CC[C@@H](C3)[C@H]2C(=O)NC(C(N)=O)c2cccc(Cl)c2F)c2ccccc12. The molecule has 4 atom stereocenters. The molecule has 1 saturated heterocycles. The number of halogens is 2. The number of nitrogens with two attached hydrogens (primary N) is 2. The first kappa shape index (κ1) is 24.7. The largest absolute Gasteiger partial charge is 0.368 e. The molecule has 3 aromatic rings. The summed E-state index contributed by atoms with van der Waals surface area (Å²) in [6, 6.07) is 8.49. The number of carbonyl (C=O) groups is 4. The highest BCUT2D eigenvalue weighted by atomic mass is 35.5. The molecule has 4 amide bonds. The number of carbonyl (C=O) groups excluding carboxylic acids is 4. The Kier molecular flexibility index (Phi) is 6.32. The number of hydrogen-bond acceptors (Lipinski definition) is 5. The van der Waals surface area contributed by atoms with Gasteiger partial charge in [0.2, 0.25) is 17.7 Å². The van der Waals surface area contributed by atoms with Crippen molar-refractivity contribution in [1.82, 2.24) is 20.0 Å². The van der Waals surface area contributed by atoms with Crippen LogP contribution in [0.4, 0.5) is 4.39 Å². The lowest BCUT2D eigenvalue weighted by Gasteiger charge is -2.35. The van der Waals surface area contributed by atoms with Gasteiger partial charge in [-0.2, -0.15) is 5.10 Å². The molecule has 0 spiro atoms. The lowest BCUT2D eigenvalue weighted by atomic mass is 9.96. The van der Waals surface area contributed by atoms with Crippen LogP contribution in [-0.2, 0) is 20.9 Å². The fourth-order valence-electron chi connectivity index (χ4n) is 5.60. The van der Waals surface area contributed by atoms with E-state index in [2.05, 4.69) is 10.4 Å². The summed E-state index contributed by atoms with van der Waals surface area (Å²) in [7, 11) is 0. The van der Waals surface area contributed by atoms with Crippen molar-refractivity contribution in [2.45, 2.75) is 43.9 Å². The molecule has 192 valence electrons. The summed E-state index contributed by atoms with van der Waals surface area (Å²) in [4.78, 5) is 52.5. The average molecular weight is 527 g/mol. The van der Waals surface area contributed by atoms with Crippen molar-refractivity contribution in [3.05, 3.63) is 64.6 Å². The Morgan fingerprint density at radius 3 is 2.59 bits per heavy atom. The summed E-state index contributed by atoms with van der Waals surface area (Å²) in [6.45, 7) is -0.219. The third-order valence-electron chi connectivity index (χ3n) is 7.18. The van der Waals surface area contributed by atoms with Crippen LogP contribution in [0.1, 0.15) is 41.4 Å². The van der Waals surface area contributed by atoms with E-state index in [-0.39, 0.29) is 40.7 Å². The number of benzene rings is 2. The van der Waals surface area contributed by atoms with Crippen molar-refractivity contribution in [1.29, 1.82) is 0 Å². The number of aromatic nitrogens is 2. The third-order valence-corrected chi connectivity index (χ3v) is 7.47. The second-order valence-corrected chi connectivity index (χ2v) is 9.75. The number of likely N-dealkylation sites (tertiary alicyclic amines) is 1. The Morgan fingerprint density at radius 2 is 1.86 bits per heavy atom. The molecule has 1 aliphatic heterocycles. The molecular formula is C25H24ClFN6O4. The molecule has 5 rings (SSSR count). The van der Waals surface area contributed by atoms with Crippen LogP contribution in [0.5, 0.6) is 0 Å². The van der Waals surface area contributed by atoms with Gasteiger partial charge in [-0.05, 0) is 37.3 Å². The Morgan fingerprint density at radius 1 is 1.11 bits per heavy atom. The smallest absolute Gasteiger partial charge is 0.269 e. The number of piperidine rings is 1. The van der Waals surface area contributed by atoms with Crippen molar-refractivity contribution in [2.24, 2.45) is 17.4 Å². The van der Waals surface area contributed by atoms with Gasteiger partial charge in [0, 0.05) is 17.0 Å². The third kappa shape index (κ3) is 4.29. The van der Waals surface area contributed by atoms with Gasteiger partial charge < -0.3 is 21.7 Å². The van der Waals surface area contributed by atoms with E-state index in [4.69, 9.17) is 23.1 Å². The monoisotopic (exact) mass is 526 g/mol. The van der Waals surface area contributed by atoms with Crippen LogP contribution in [0, 0.1) is 11.7 Å². The Labute approximate surface area is 215 Å². The zero-order valence-corrected chi connectivity index (χ0v) is 20.3. The van der Waals surface area contributed by atoms with Crippen LogP contribution < -0.4 is 16.8 Å². The van der Waals surface area contributed by atoms with Gasteiger partial charge in [0.25, 0.3) is 5.91 Å². The van der Waals surface area contributed by atoms with Gasteiger partial charge in [-0.1, -0.05) is 41.9 Å². The number of nitrogens with one attached hydrogen (secondary N) is 1. The van der Waals surface area contributed by atoms with Crippen molar-refractivity contribution < 1.29 is 23.6 Å². The second-order valence-electron chi connectivity index (χ2n) is 9.35. The molecule has 2 bridgehead atoms. The molecule has 2 aromatic carbocycles. The molecular weight excluding hydrogens is 503 g/mol. The Bertz CT molecular complexity index is 1440. The van der Waals surface area contributed by atoms with E-state index in [1.807, 2.05) is 0 Å². The van der Waals surface area contributed by atoms with E-state index in [0.717, 1.165) is 12.8 Å². The van der Waals surface area contributed by atoms with Crippen molar-refractivity contribution in [2.75, 3.05) is 0 Å². The number of rotatable bonds is 7. The molecule has 1 aliphatic carbocycles. The molecule has 10 nitrogen and oxygen atoms in total. The maximum Gasteiger partial charge on any atom is 0.269 e. The van der Waals surface area contributed by atoms with Gasteiger partial charge in [-0.15, -0.1) is 0 Å². The number of nitrogens with zero attached hydrogens (tertiary/aromatic N) is 3. The summed E-state index contributed by atoms with van der Waals surface area (Å²) < 4.78 is 16.0. The maximum absolute atomic E-state index is 14.6. The van der Waals surface area contributed by atoms with Crippen LogP contribution in [0.15, 0.2) is 42.5 Å². The fraction of sp³-hybridized carbons (Fsp3) is 0.320. The van der Waals surface area contributed by atoms with E-state index < -0.39 is 35.6 Å². The molecule has 0 radical (unpaired) electrons. The van der Waals surface area contributed by atoms with Crippen molar-refractivity contribution >= 4 is 46.1 Å². The van der Waals surface area contributed by atoms with Gasteiger partial charge in [0.1, 0.15) is 24.4 Å². The van der Waals surface area contributed by atoms with Crippen LogP contribution in [0.3, 0.4) is 0 Å². The summed E-state index contributed by atoms with van der Waals surface area (Å²) in [5.41, 5.74) is 11.4. The highest BCUT2D eigenvalue weighted by Gasteiger charge is 2.51. The summed E-state index contributed by atoms with van der Waals surface area (Å²) in [5.74, 6) is -3.64. The predicted octanol–water partition coefficient (Wildman–Crippen LogP) is 1.65. The lowest BCUT2D eigenvalue weighted by Crippen LogP contribution is -2.55. The highest BCUT2D eigenvalue weighted by molar-refractivity contribution is 6.30. The quantitative estimate of drug-likeness (QED) is 0.427. The van der Waals surface area contributed by atoms with Gasteiger partial charge in [0.05, 0.1) is 10.5 Å². The minimum atomic E-state index is -1.46. The molecule has 2 aliphatic rings. The zero-order valence-electron chi connectivity index (χ0n) is 19.6. The summed E-state index contributed by atoms with van der Waals surface area (Å²) in [6.07, 6.45) is 2.09. The Balaban J connectivity index is 1.41. The first-order valence-electron chi connectivity index (χ1n) is 11.8. The number of para-hydroxylation sites is 1. The van der Waals surface area contributed by atoms with Gasteiger partial charge in [-0.3, -0.25) is 23.9 Å². The molecule has 37 heavy (non-hydrogen) atoms. The predicted molar refractivity (Wildman–Crippen MR) is 132 cm³/mol. The number of hydrogen-bond donors (Lipinski definition) is 3. The van der Waals surface area contributed by atoms with Gasteiger partial charge in [0.15, 0.2) is 5.69 Å². The number of fused-ring (bicyclic) bond motifs is 3. The van der Waals surface area contributed by atoms with E-state index >= 15 is 0 Å². The lowest BCUT2D eigenvalue weighted by molar-refractivity contribution is -0.144. The molecule has 1 aromatic heterocycles. The van der Waals surface area contributed by atoms with Gasteiger partial charge in [-0.25, -0.2) is 4.39 Å². The maximum atomic E-state index is 14.6. The van der Waals surface area contributed by atoms with Gasteiger partial charge >= 0.3 is 0 Å². The molecule has 12 heteroatoms. The van der Waals surface area contributed by atoms with Crippen LogP contribution in [-0.4, -0.2) is 50.4 Å². The van der Waals surface area contributed by atoms with Crippen molar-refractivity contribution in [3.8, 4) is 0 Å². The number of primary amides is 2. The standard InChI is InChI=1S/C25H24ClFN6O4/c26-16-6-3-5-15(19(16)27)20(23(28)35)30-25(37)22-12-8-9-13(10-12)33(22)18(34)11-32-17-7-2-1-4-14(17)21(31-32)24(29)36/h1-7,12-13,20,22H,8-11H2,(H2,28,35)(H2,29,36)(H,30,37)/t12-,13+,20?,22-/m0/s1. The van der Waals surface area contributed by atoms with Crippen LogP contribution >= 0.6 is 11.6 Å². The van der Waals surface area contributed by atoms with E-state index in [9.17, 15) is 23.6 Å². The molecule has 1 unspecified atom stereocenters. The molecule has 1 saturated carbocycles. The fourth-order valence-corrected chi connectivity index (χ4v) is 5.78. The first-order chi connectivity index (χ1) is 17.7. The van der Waals surface area contributed by atoms with E-state index in [1.54, 1.807) is 24.3 Å². The molecule has 2 fully saturated rings. The minimum absolute atomic E-state index is 0.0495. The first-order valence-corrected chi connectivity index (χ1v) is 12.1. The second kappa shape index (κ2) is 9.47. The minimum Gasteiger partial charge on any atom is -0.368 e. The molecule has 5 N–H and O–H groups in total. The summed E-state index contributed by atoms with van der Waals surface area (Å²) >= 11 is 5.85. The van der Waals surface area contributed by atoms with E-state index in [1.165, 1.54) is 27.8 Å². The average Bonchev–Trinajstić information content (AvgIpc) is 3.58. The topological polar surface area (TPSA) is 153 Å². The van der Waals surface area contributed by atoms with E-state index in [0.29, 0.717) is 17.3 Å². The van der Waals surface area contributed by atoms with Crippen molar-refractivity contribution in [3.63, 3.8) is 0 Å². The normalized spacial score (nSPS) is 21.2. The van der Waals surface area contributed by atoms with Crippen LogP contribution in [0.25, 0.3) is 10.9 Å². The zero-order chi connectivity index (χ0) is 26.4. The number of amides is 4. The Hall–Kier alpha value is -3.99. The van der Waals surface area contributed by atoms with Crippen LogP contribution in [0.2, 0.25) is 5.02 Å². The highest BCUT2D eigenvalue weighted by Crippen LogP contribution is 2.43. The molecule has 2 heterocycles.